The molecule has 1 saturated heterocycles. The van der Waals surface area contributed by atoms with Crippen molar-refractivity contribution in [2.75, 3.05) is 33.5 Å². The van der Waals surface area contributed by atoms with E-state index in [1.54, 1.807) is 7.11 Å². The van der Waals surface area contributed by atoms with Crippen molar-refractivity contribution in [3.8, 4) is 0 Å². The molecule has 1 fully saturated rings. The summed E-state index contributed by atoms with van der Waals surface area (Å²) in [6.07, 6.45) is -4.29. The van der Waals surface area contributed by atoms with Crippen LogP contribution in [0.15, 0.2) is 0 Å². The van der Waals surface area contributed by atoms with Gasteiger partial charge in [0, 0.05) is 27.9 Å². The zero-order valence-electron chi connectivity index (χ0n) is 17.0. The molecule has 0 spiro atoms. The smallest absolute Gasteiger partial charge is 0.303 e. The molecule has 28 heavy (non-hydrogen) atoms. The SMILES string of the molecule is CCC1OC(OCCOCCOC)C(OC(C)=O)C(OC(C)=O)C1OC(C)=O. The highest BCUT2D eigenvalue weighted by Gasteiger charge is 2.51. The number of rotatable bonds is 11. The average Bonchev–Trinajstić information content (AvgIpc) is 2.61. The Labute approximate surface area is 164 Å². The molecule has 0 amide bonds. The van der Waals surface area contributed by atoms with Crippen LogP contribution in [0.4, 0.5) is 0 Å². The van der Waals surface area contributed by atoms with Gasteiger partial charge in [0.15, 0.2) is 24.6 Å². The van der Waals surface area contributed by atoms with Gasteiger partial charge in [-0.05, 0) is 6.42 Å². The predicted molar refractivity (Wildman–Crippen MR) is 94.3 cm³/mol. The normalized spacial score (nSPS) is 27.1. The standard InChI is InChI=1S/C18H30O10/c1-6-14-15(25-11(2)19)16(26-12(3)20)17(27-13(4)21)18(28-14)24-10-9-23-8-7-22-5/h14-18H,6-10H2,1-5H3. The van der Waals surface area contributed by atoms with Crippen LogP contribution in [-0.4, -0.2) is 82.2 Å². The molecule has 1 rings (SSSR count). The highest BCUT2D eigenvalue weighted by Crippen LogP contribution is 2.30. The highest BCUT2D eigenvalue weighted by molar-refractivity contribution is 5.68. The number of hydrogen-bond acceptors (Lipinski definition) is 10. The molecule has 0 aliphatic carbocycles. The molecule has 1 heterocycles. The van der Waals surface area contributed by atoms with Gasteiger partial charge < -0.3 is 33.2 Å². The zero-order chi connectivity index (χ0) is 21.1. The number of ether oxygens (including phenoxy) is 7. The van der Waals surface area contributed by atoms with E-state index in [0.717, 1.165) is 0 Å². The molecule has 162 valence electrons. The van der Waals surface area contributed by atoms with Crippen LogP contribution in [0.2, 0.25) is 0 Å². The molecule has 5 unspecified atom stereocenters. The first-order valence-corrected chi connectivity index (χ1v) is 9.15. The van der Waals surface area contributed by atoms with E-state index in [4.69, 9.17) is 33.2 Å². The van der Waals surface area contributed by atoms with E-state index < -0.39 is 48.6 Å². The average molecular weight is 406 g/mol. The highest BCUT2D eigenvalue weighted by atomic mass is 16.7. The summed E-state index contributed by atoms with van der Waals surface area (Å²) in [7, 11) is 1.57. The van der Waals surface area contributed by atoms with Crippen molar-refractivity contribution >= 4 is 17.9 Å². The lowest BCUT2D eigenvalue weighted by atomic mass is 9.96. The lowest BCUT2D eigenvalue weighted by molar-refractivity contribution is -0.305. The molecule has 10 nitrogen and oxygen atoms in total. The molecular formula is C18H30O10. The molecule has 0 saturated carbocycles. The topological polar surface area (TPSA) is 116 Å². The van der Waals surface area contributed by atoms with Gasteiger partial charge in [-0.3, -0.25) is 14.4 Å². The van der Waals surface area contributed by atoms with E-state index in [1.165, 1.54) is 20.8 Å². The minimum Gasteiger partial charge on any atom is -0.456 e. The van der Waals surface area contributed by atoms with Gasteiger partial charge in [-0.25, -0.2) is 0 Å². The largest absolute Gasteiger partial charge is 0.456 e. The first-order valence-electron chi connectivity index (χ1n) is 9.15. The number of esters is 3. The maximum absolute atomic E-state index is 11.6. The van der Waals surface area contributed by atoms with Gasteiger partial charge in [0.1, 0.15) is 6.10 Å². The number of hydrogen-bond donors (Lipinski definition) is 0. The summed E-state index contributed by atoms with van der Waals surface area (Å²) >= 11 is 0. The van der Waals surface area contributed by atoms with Crippen molar-refractivity contribution < 1.29 is 47.5 Å². The van der Waals surface area contributed by atoms with Crippen LogP contribution in [0, 0.1) is 0 Å². The minimum atomic E-state index is -1.10. The fourth-order valence-corrected chi connectivity index (χ4v) is 2.79. The van der Waals surface area contributed by atoms with Gasteiger partial charge in [0.25, 0.3) is 0 Å². The summed E-state index contributed by atoms with van der Waals surface area (Å²) in [4.78, 5) is 34.7. The summed E-state index contributed by atoms with van der Waals surface area (Å²) < 4.78 is 37.7. The summed E-state index contributed by atoms with van der Waals surface area (Å²) in [6, 6.07) is 0. The quantitative estimate of drug-likeness (QED) is 0.274. The minimum absolute atomic E-state index is 0.146. The van der Waals surface area contributed by atoms with Crippen molar-refractivity contribution in [2.45, 2.75) is 64.8 Å². The van der Waals surface area contributed by atoms with Crippen LogP contribution in [0.3, 0.4) is 0 Å². The van der Waals surface area contributed by atoms with Gasteiger partial charge >= 0.3 is 17.9 Å². The third kappa shape index (κ3) is 8.09. The molecule has 0 aromatic rings. The third-order valence-electron chi connectivity index (χ3n) is 3.84. The van der Waals surface area contributed by atoms with Crippen LogP contribution < -0.4 is 0 Å². The Morgan fingerprint density at radius 3 is 1.86 bits per heavy atom. The predicted octanol–water partition coefficient (Wildman–Crippen LogP) is 0.596. The van der Waals surface area contributed by atoms with E-state index in [1.807, 2.05) is 6.92 Å². The molecule has 0 N–H and O–H groups in total. The van der Waals surface area contributed by atoms with Crippen LogP contribution >= 0.6 is 0 Å². The van der Waals surface area contributed by atoms with E-state index >= 15 is 0 Å². The Kier molecular flexibility index (Phi) is 11.0. The Balaban J connectivity index is 2.94. The Morgan fingerprint density at radius 2 is 1.32 bits per heavy atom. The van der Waals surface area contributed by atoms with E-state index in [2.05, 4.69) is 0 Å². The summed E-state index contributed by atoms with van der Waals surface area (Å²) in [5, 5.41) is 0. The van der Waals surface area contributed by atoms with E-state index in [0.29, 0.717) is 19.6 Å². The van der Waals surface area contributed by atoms with Crippen LogP contribution in [0.5, 0.6) is 0 Å². The fraction of sp³-hybridized carbons (Fsp3) is 0.833. The summed E-state index contributed by atoms with van der Waals surface area (Å²) in [6.45, 7) is 6.74. The van der Waals surface area contributed by atoms with Crippen LogP contribution in [-0.2, 0) is 47.5 Å². The monoisotopic (exact) mass is 406 g/mol. The lowest BCUT2D eigenvalue weighted by Gasteiger charge is -2.44. The Hall–Kier alpha value is -1.75. The van der Waals surface area contributed by atoms with E-state index in [9.17, 15) is 14.4 Å². The molecule has 1 aliphatic rings. The summed E-state index contributed by atoms with van der Waals surface area (Å²) in [5.41, 5.74) is 0. The lowest BCUT2D eigenvalue weighted by Crippen LogP contribution is -2.61. The van der Waals surface area contributed by atoms with Gasteiger partial charge in [-0.2, -0.15) is 0 Å². The molecule has 1 aliphatic heterocycles. The van der Waals surface area contributed by atoms with Crippen molar-refractivity contribution in [2.24, 2.45) is 0 Å². The fourth-order valence-electron chi connectivity index (χ4n) is 2.79. The van der Waals surface area contributed by atoms with E-state index in [-0.39, 0.29) is 13.2 Å². The Morgan fingerprint density at radius 1 is 0.786 bits per heavy atom. The van der Waals surface area contributed by atoms with Crippen molar-refractivity contribution in [1.82, 2.24) is 0 Å². The first kappa shape index (κ1) is 24.3. The molecule has 5 atom stereocenters. The summed E-state index contributed by atoms with van der Waals surface area (Å²) in [5.74, 6) is -1.80. The van der Waals surface area contributed by atoms with Gasteiger partial charge in [0.05, 0.1) is 26.4 Å². The number of carbonyl (C=O) groups excluding carboxylic acids is 3. The van der Waals surface area contributed by atoms with Crippen molar-refractivity contribution in [1.29, 1.82) is 0 Å². The maximum atomic E-state index is 11.6. The molecular weight excluding hydrogens is 376 g/mol. The zero-order valence-corrected chi connectivity index (χ0v) is 17.0. The van der Waals surface area contributed by atoms with Gasteiger partial charge in [-0.15, -0.1) is 0 Å². The second-order valence-corrected chi connectivity index (χ2v) is 6.15. The second-order valence-electron chi connectivity index (χ2n) is 6.15. The molecule has 0 aromatic heterocycles. The van der Waals surface area contributed by atoms with Crippen LogP contribution in [0.1, 0.15) is 34.1 Å². The molecule has 0 aromatic carbocycles. The van der Waals surface area contributed by atoms with Gasteiger partial charge in [0.2, 0.25) is 0 Å². The Bertz CT molecular complexity index is 509. The molecule has 0 radical (unpaired) electrons. The van der Waals surface area contributed by atoms with Crippen molar-refractivity contribution in [3.05, 3.63) is 0 Å². The molecule has 10 heteroatoms. The number of carbonyl (C=O) groups is 3. The van der Waals surface area contributed by atoms with Crippen molar-refractivity contribution in [3.63, 3.8) is 0 Å². The number of methoxy groups -OCH3 is 1. The maximum Gasteiger partial charge on any atom is 0.303 e. The van der Waals surface area contributed by atoms with Crippen LogP contribution in [0.25, 0.3) is 0 Å². The second kappa shape index (κ2) is 12.7. The third-order valence-corrected chi connectivity index (χ3v) is 3.84. The molecule has 0 bridgehead atoms. The first-order chi connectivity index (χ1) is 13.3. The van der Waals surface area contributed by atoms with Gasteiger partial charge in [-0.1, -0.05) is 6.92 Å².